The van der Waals surface area contributed by atoms with Crippen LogP contribution >= 0.6 is 11.6 Å². The summed E-state index contributed by atoms with van der Waals surface area (Å²) in [5.74, 6) is 0. The van der Waals surface area contributed by atoms with E-state index in [0.717, 1.165) is 27.7 Å². The summed E-state index contributed by atoms with van der Waals surface area (Å²) in [4.78, 5) is 14.9. The van der Waals surface area contributed by atoms with Gasteiger partial charge in [0.1, 0.15) is 0 Å². The molecule has 0 aliphatic heterocycles. The molecule has 3 N–H and O–H groups in total. The van der Waals surface area contributed by atoms with Gasteiger partial charge in [-0.1, -0.05) is 23.7 Å². The molecule has 0 atom stereocenters. The van der Waals surface area contributed by atoms with Crippen molar-refractivity contribution >= 4 is 28.2 Å². The lowest BCUT2D eigenvalue weighted by atomic mass is 10.1. The SMILES string of the molecule is O=c1[nH]cc(-c2ccc(Cl)cc2)cc1CNc1ccc2cn[nH]c2c1. The maximum absolute atomic E-state index is 12.1. The molecule has 2 aromatic carbocycles. The molecule has 4 aromatic rings. The average molecular weight is 351 g/mol. The van der Waals surface area contributed by atoms with Crippen LogP contribution in [0.3, 0.4) is 0 Å². The Hall–Kier alpha value is -3.05. The smallest absolute Gasteiger partial charge is 0.252 e. The number of benzene rings is 2. The molecule has 2 heterocycles. The maximum Gasteiger partial charge on any atom is 0.252 e. The molecule has 0 aliphatic carbocycles. The van der Waals surface area contributed by atoms with E-state index in [-0.39, 0.29) is 5.56 Å². The molecule has 0 amide bonds. The average Bonchev–Trinajstić information content (AvgIpc) is 3.09. The molecule has 0 fully saturated rings. The van der Waals surface area contributed by atoms with E-state index in [0.29, 0.717) is 17.1 Å². The molecule has 0 spiro atoms. The Kier molecular flexibility index (Phi) is 3.99. The van der Waals surface area contributed by atoms with Gasteiger partial charge >= 0.3 is 0 Å². The van der Waals surface area contributed by atoms with Crippen LogP contribution in [0.15, 0.2) is 65.7 Å². The molecule has 4 rings (SSSR count). The van der Waals surface area contributed by atoms with Crippen LogP contribution < -0.4 is 10.9 Å². The Morgan fingerprint density at radius 3 is 2.72 bits per heavy atom. The maximum atomic E-state index is 12.1. The van der Waals surface area contributed by atoms with Crippen LogP contribution in [0, 0.1) is 0 Å². The Balaban J connectivity index is 1.58. The fraction of sp³-hybridized carbons (Fsp3) is 0.0526. The molecular formula is C19H15ClN4O. The van der Waals surface area contributed by atoms with E-state index in [4.69, 9.17) is 11.6 Å². The molecule has 0 saturated carbocycles. The van der Waals surface area contributed by atoms with Crippen molar-refractivity contribution in [3.05, 3.63) is 81.9 Å². The van der Waals surface area contributed by atoms with E-state index in [1.807, 2.05) is 48.5 Å². The molecule has 5 nitrogen and oxygen atoms in total. The number of pyridine rings is 1. The number of halogens is 1. The van der Waals surface area contributed by atoms with Gasteiger partial charge in [-0.25, -0.2) is 0 Å². The van der Waals surface area contributed by atoms with Gasteiger partial charge in [-0.15, -0.1) is 0 Å². The first kappa shape index (κ1) is 15.5. The van der Waals surface area contributed by atoms with Crippen LogP contribution in [0.2, 0.25) is 5.02 Å². The Bertz CT molecular complexity index is 1080. The molecule has 0 unspecified atom stereocenters. The van der Waals surface area contributed by atoms with E-state index in [9.17, 15) is 4.79 Å². The lowest BCUT2D eigenvalue weighted by molar-refractivity contribution is 1.07. The van der Waals surface area contributed by atoms with Crippen molar-refractivity contribution in [1.29, 1.82) is 0 Å². The fourth-order valence-corrected chi connectivity index (χ4v) is 2.84. The molecule has 124 valence electrons. The lowest BCUT2D eigenvalue weighted by Gasteiger charge is -2.08. The predicted octanol–water partition coefficient (Wildman–Crippen LogP) is 4.18. The van der Waals surface area contributed by atoms with Crippen LogP contribution in [0.4, 0.5) is 5.69 Å². The van der Waals surface area contributed by atoms with E-state index in [1.54, 1.807) is 12.4 Å². The van der Waals surface area contributed by atoms with Crippen molar-refractivity contribution in [3.63, 3.8) is 0 Å². The lowest BCUT2D eigenvalue weighted by Crippen LogP contribution is -2.15. The minimum Gasteiger partial charge on any atom is -0.381 e. The first-order valence-corrected chi connectivity index (χ1v) is 8.21. The molecule has 25 heavy (non-hydrogen) atoms. The zero-order valence-corrected chi connectivity index (χ0v) is 14.0. The number of hydrogen-bond donors (Lipinski definition) is 3. The molecule has 0 saturated heterocycles. The summed E-state index contributed by atoms with van der Waals surface area (Å²) in [6.45, 7) is 0.427. The zero-order chi connectivity index (χ0) is 17.2. The molecule has 6 heteroatoms. The standard InChI is InChI=1S/C19H15ClN4O/c20-16-4-1-12(2-5-16)14-7-15(19(25)22-9-14)10-21-17-6-3-13-11-23-24-18(13)8-17/h1-9,11,21H,10H2,(H,22,25)(H,23,24). The minimum absolute atomic E-state index is 0.104. The van der Waals surface area contributed by atoms with Crippen molar-refractivity contribution in [2.45, 2.75) is 6.54 Å². The Morgan fingerprint density at radius 2 is 1.88 bits per heavy atom. The number of H-pyrrole nitrogens is 2. The van der Waals surface area contributed by atoms with Gasteiger partial charge in [-0.3, -0.25) is 9.89 Å². The highest BCUT2D eigenvalue weighted by Gasteiger charge is 2.05. The van der Waals surface area contributed by atoms with Crippen LogP contribution in [-0.2, 0) is 6.54 Å². The quantitative estimate of drug-likeness (QED) is 0.517. The number of aromatic amines is 2. The molecule has 0 bridgehead atoms. The van der Waals surface area contributed by atoms with E-state index in [2.05, 4.69) is 20.5 Å². The van der Waals surface area contributed by atoms with Crippen molar-refractivity contribution in [1.82, 2.24) is 15.2 Å². The van der Waals surface area contributed by atoms with Gasteiger partial charge in [-0.2, -0.15) is 5.10 Å². The first-order valence-electron chi connectivity index (χ1n) is 7.83. The van der Waals surface area contributed by atoms with E-state index in [1.165, 1.54) is 0 Å². The second-order valence-corrected chi connectivity index (χ2v) is 6.21. The zero-order valence-electron chi connectivity index (χ0n) is 13.2. The van der Waals surface area contributed by atoms with Crippen LogP contribution in [0.25, 0.3) is 22.0 Å². The summed E-state index contributed by atoms with van der Waals surface area (Å²) in [6, 6.07) is 15.3. The van der Waals surface area contributed by atoms with Gasteiger partial charge in [0.2, 0.25) is 0 Å². The number of anilines is 1. The molecule has 2 aromatic heterocycles. The van der Waals surface area contributed by atoms with Gasteiger partial charge < -0.3 is 10.3 Å². The molecule has 0 radical (unpaired) electrons. The number of nitrogens with zero attached hydrogens (tertiary/aromatic N) is 1. The number of fused-ring (bicyclic) bond motifs is 1. The van der Waals surface area contributed by atoms with Gasteiger partial charge in [0.05, 0.1) is 11.7 Å². The van der Waals surface area contributed by atoms with Gasteiger partial charge in [0.25, 0.3) is 5.56 Å². The topological polar surface area (TPSA) is 73.6 Å². The highest BCUT2D eigenvalue weighted by atomic mass is 35.5. The van der Waals surface area contributed by atoms with E-state index >= 15 is 0 Å². The van der Waals surface area contributed by atoms with Crippen LogP contribution in [0.1, 0.15) is 5.56 Å². The van der Waals surface area contributed by atoms with Gasteiger partial charge in [-0.05, 0) is 47.5 Å². The minimum atomic E-state index is -0.104. The molecule has 0 aliphatic rings. The second-order valence-electron chi connectivity index (χ2n) is 5.78. The Labute approximate surface area is 148 Å². The predicted molar refractivity (Wildman–Crippen MR) is 101 cm³/mol. The Morgan fingerprint density at radius 1 is 1.04 bits per heavy atom. The van der Waals surface area contributed by atoms with Crippen molar-refractivity contribution in [2.24, 2.45) is 0 Å². The van der Waals surface area contributed by atoms with E-state index < -0.39 is 0 Å². The first-order chi connectivity index (χ1) is 12.2. The van der Waals surface area contributed by atoms with Crippen LogP contribution in [0.5, 0.6) is 0 Å². The van der Waals surface area contributed by atoms with Crippen molar-refractivity contribution in [2.75, 3.05) is 5.32 Å². The largest absolute Gasteiger partial charge is 0.381 e. The highest BCUT2D eigenvalue weighted by molar-refractivity contribution is 6.30. The fourth-order valence-electron chi connectivity index (χ4n) is 2.72. The number of nitrogens with one attached hydrogen (secondary N) is 3. The summed E-state index contributed by atoms with van der Waals surface area (Å²) in [7, 11) is 0. The van der Waals surface area contributed by atoms with Gasteiger partial charge in [0, 0.05) is 34.4 Å². The summed E-state index contributed by atoms with van der Waals surface area (Å²) in [5, 5.41) is 12.0. The van der Waals surface area contributed by atoms with Crippen molar-refractivity contribution in [3.8, 4) is 11.1 Å². The highest BCUT2D eigenvalue weighted by Crippen LogP contribution is 2.21. The summed E-state index contributed by atoms with van der Waals surface area (Å²) >= 11 is 5.93. The summed E-state index contributed by atoms with van der Waals surface area (Å²) < 4.78 is 0. The van der Waals surface area contributed by atoms with Crippen molar-refractivity contribution < 1.29 is 0 Å². The van der Waals surface area contributed by atoms with Gasteiger partial charge in [0.15, 0.2) is 0 Å². The number of hydrogen-bond acceptors (Lipinski definition) is 3. The summed E-state index contributed by atoms with van der Waals surface area (Å²) in [6.07, 6.45) is 3.49. The normalized spacial score (nSPS) is 10.9. The molecular weight excluding hydrogens is 336 g/mol. The summed E-state index contributed by atoms with van der Waals surface area (Å²) in [5.41, 5.74) is 4.38. The second kappa shape index (κ2) is 6.45. The number of aromatic nitrogens is 3. The third-order valence-corrected chi connectivity index (χ3v) is 4.33. The third kappa shape index (κ3) is 3.27. The monoisotopic (exact) mass is 350 g/mol. The third-order valence-electron chi connectivity index (χ3n) is 4.08. The number of rotatable bonds is 4. The van der Waals surface area contributed by atoms with Crippen LogP contribution in [-0.4, -0.2) is 15.2 Å².